The lowest BCUT2D eigenvalue weighted by molar-refractivity contribution is -0.394. The van der Waals surface area contributed by atoms with E-state index in [-0.39, 0.29) is 11.6 Å². The summed E-state index contributed by atoms with van der Waals surface area (Å²) in [7, 11) is 1.54. The maximum atomic E-state index is 12.5. The first-order chi connectivity index (χ1) is 12.3. The second kappa shape index (κ2) is 8.06. The summed E-state index contributed by atoms with van der Waals surface area (Å²) in [6, 6.07) is 9.59. The molecule has 2 aromatic rings. The molecule has 1 atom stereocenters. The Labute approximate surface area is 148 Å². The molecule has 0 bridgehead atoms. The summed E-state index contributed by atoms with van der Waals surface area (Å²) >= 11 is 0. The van der Waals surface area contributed by atoms with Gasteiger partial charge in [-0.25, -0.2) is 0 Å². The Balaban J connectivity index is 2.29. The number of hydrogen-bond acceptors (Lipinski definition) is 6. The first-order valence-corrected chi connectivity index (χ1v) is 7.74. The van der Waals surface area contributed by atoms with Gasteiger partial charge in [-0.2, -0.15) is 0 Å². The number of carbonyl (C=O) groups is 1. The van der Waals surface area contributed by atoms with Crippen LogP contribution in [0.2, 0.25) is 0 Å². The van der Waals surface area contributed by atoms with E-state index in [0.717, 1.165) is 23.8 Å². The van der Waals surface area contributed by atoms with Gasteiger partial charge in [0.05, 0.1) is 34.6 Å². The molecule has 0 aliphatic heterocycles. The minimum absolute atomic E-state index is 0.141. The average molecular weight is 359 g/mol. The monoisotopic (exact) mass is 359 g/mol. The molecule has 0 saturated carbocycles. The van der Waals surface area contributed by atoms with Crippen LogP contribution in [0.15, 0.2) is 42.5 Å². The highest BCUT2D eigenvalue weighted by Gasteiger charge is 2.21. The molecule has 0 radical (unpaired) electrons. The molecule has 0 fully saturated rings. The number of nitrogens with zero attached hydrogens (tertiary/aromatic N) is 2. The molecule has 0 aliphatic carbocycles. The maximum Gasteiger partial charge on any atom is 0.277 e. The molecule has 1 unspecified atom stereocenters. The third-order valence-electron chi connectivity index (χ3n) is 3.82. The first kappa shape index (κ1) is 18.8. The molecular weight excluding hydrogens is 342 g/mol. The molecule has 2 aromatic carbocycles. The van der Waals surface area contributed by atoms with E-state index >= 15 is 0 Å². The summed E-state index contributed by atoms with van der Waals surface area (Å²) in [4.78, 5) is 32.8. The standard InChI is InChI=1S/C17H17N3O6/c1-3-16(11-4-6-15(26-2)7-5-11)18-17(21)12-8-13(19(22)23)10-14(9-12)20(24)25/h4-10,16H,3H2,1-2H3,(H,18,21). The quantitative estimate of drug-likeness (QED) is 0.597. The van der Waals surface area contributed by atoms with Crippen molar-refractivity contribution in [1.29, 1.82) is 0 Å². The molecule has 0 heterocycles. The number of non-ortho nitro benzene ring substituents is 2. The van der Waals surface area contributed by atoms with Crippen LogP contribution in [-0.2, 0) is 0 Å². The highest BCUT2D eigenvalue weighted by atomic mass is 16.6. The van der Waals surface area contributed by atoms with Crippen molar-refractivity contribution < 1.29 is 19.4 Å². The van der Waals surface area contributed by atoms with Crippen molar-refractivity contribution in [3.63, 3.8) is 0 Å². The lowest BCUT2D eigenvalue weighted by Crippen LogP contribution is -2.28. The third kappa shape index (κ3) is 4.32. The molecule has 0 saturated heterocycles. The van der Waals surface area contributed by atoms with Crippen LogP contribution in [0.5, 0.6) is 5.75 Å². The molecule has 136 valence electrons. The van der Waals surface area contributed by atoms with E-state index in [1.54, 1.807) is 31.4 Å². The SMILES string of the molecule is CCC(NC(=O)c1cc([N+](=O)[O-])cc([N+](=O)[O-])c1)c1ccc(OC)cc1. The Bertz CT molecular complexity index is 803. The minimum Gasteiger partial charge on any atom is -0.497 e. The van der Waals surface area contributed by atoms with E-state index in [0.29, 0.717) is 12.2 Å². The van der Waals surface area contributed by atoms with Gasteiger partial charge >= 0.3 is 0 Å². The highest BCUT2D eigenvalue weighted by molar-refractivity contribution is 5.95. The van der Waals surface area contributed by atoms with E-state index < -0.39 is 27.1 Å². The molecule has 0 aliphatic rings. The van der Waals surface area contributed by atoms with Gasteiger partial charge < -0.3 is 10.1 Å². The molecule has 0 spiro atoms. The van der Waals surface area contributed by atoms with Gasteiger partial charge in [-0.1, -0.05) is 19.1 Å². The van der Waals surface area contributed by atoms with Crippen LogP contribution in [0.25, 0.3) is 0 Å². The molecule has 9 heteroatoms. The number of nitrogens with one attached hydrogen (secondary N) is 1. The van der Waals surface area contributed by atoms with Crippen LogP contribution in [0.1, 0.15) is 35.3 Å². The van der Waals surface area contributed by atoms with Crippen molar-refractivity contribution in [2.24, 2.45) is 0 Å². The van der Waals surface area contributed by atoms with Gasteiger partial charge in [0, 0.05) is 12.1 Å². The Morgan fingerprint density at radius 1 is 1.08 bits per heavy atom. The van der Waals surface area contributed by atoms with Gasteiger partial charge in [0.2, 0.25) is 0 Å². The fraction of sp³-hybridized carbons (Fsp3) is 0.235. The number of nitro groups is 2. The van der Waals surface area contributed by atoms with Crippen LogP contribution >= 0.6 is 0 Å². The van der Waals surface area contributed by atoms with Crippen LogP contribution in [0, 0.1) is 20.2 Å². The van der Waals surface area contributed by atoms with Crippen molar-refractivity contribution in [3.8, 4) is 5.75 Å². The molecule has 9 nitrogen and oxygen atoms in total. The summed E-state index contributed by atoms with van der Waals surface area (Å²) in [5, 5.41) is 24.6. The zero-order chi connectivity index (χ0) is 19.3. The van der Waals surface area contributed by atoms with Crippen molar-refractivity contribution in [1.82, 2.24) is 5.32 Å². The van der Waals surface area contributed by atoms with Crippen molar-refractivity contribution >= 4 is 17.3 Å². The molecule has 26 heavy (non-hydrogen) atoms. The predicted octanol–water partition coefficient (Wildman–Crippen LogP) is 3.39. The van der Waals surface area contributed by atoms with Crippen LogP contribution in [-0.4, -0.2) is 22.9 Å². The van der Waals surface area contributed by atoms with Gasteiger partial charge in [0.25, 0.3) is 17.3 Å². The van der Waals surface area contributed by atoms with Gasteiger partial charge in [-0.15, -0.1) is 0 Å². The summed E-state index contributed by atoms with van der Waals surface area (Å²) in [6.07, 6.45) is 0.565. The van der Waals surface area contributed by atoms with E-state index in [4.69, 9.17) is 4.74 Å². The topological polar surface area (TPSA) is 125 Å². The normalized spacial score (nSPS) is 11.5. The largest absolute Gasteiger partial charge is 0.497 e. The number of carbonyl (C=O) groups excluding carboxylic acids is 1. The Morgan fingerprint density at radius 2 is 1.62 bits per heavy atom. The molecule has 2 rings (SSSR count). The third-order valence-corrected chi connectivity index (χ3v) is 3.82. The Morgan fingerprint density at radius 3 is 2.04 bits per heavy atom. The smallest absolute Gasteiger partial charge is 0.277 e. The number of ether oxygens (including phenoxy) is 1. The van der Waals surface area contributed by atoms with E-state index in [2.05, 4.69) is 5.32 Å². The van der Waals surface area contributed by atoms with Crippen LogP contribution in [0.3, 0.4) is 0 Å². The van der Waals surface area contributed by atoms with Crippen LogP contribution in [0.4, 0.5) is 11.4 Å². The zero-order valence-corrected chi connectivity index (χ0v) is 14.2. The summed E-state index contributed by atoms with van der Waals surface area (Å²) in [6.45, 7) is 1.87. The number of amides is 1. The Hall–Kier alpha value is -3.49. The van der Waals surface area contributed by atoms with Gasteiger partial charge in [0.15, 0.2) is 0 Å². The second-order valence-electron chi connectivity index (χ2n) is 5.46. The van der Waals surface area contributed by atoms with Gasteiger partial charge in [-0.05, 0) is 24.1 Å². The summed E-state index contributed by atoms with van der Waals surface area (Å²) in [5.41, 5.74) is -0.344. The van der Waals surface area contributed by atoms with Gasteiger partial charge in [0.1, 0.15) is 5.75 Å². The number of benzene rings is 2. The summed E-state index contributed by atoms with van der Waals surface area (Å²) in [5.74, 6) is 0.0451. The van der Waals surface area contributed by atoms with Crippen molar-refractivity contribution in [2.45, 2.75) is 19.4 Å². The van der Waals surface area contributed by atoms with E-state index in [1.165, 1.54) is 0 Å². The van der Waals surface area contributed by atoms with E-state index in [9.17, 15) is 25.0 Å². The molecule has 1 amide bonds. The molecule has 0 aromatic heterocycles. The van der Waals surface area contributed by atoms with Gasteiger partial charge in [-0.3, -0.25) is 25.0 Å². The van der Waals surface area contributed by atoms with Crippen LogP contribution < -0.4 is 10.1 Å². The minimum atomic E-state index is -0.773. The number of rotatable bonds is 7. The Kier molecular flexibility index (Phi) is 5.84. The highest BCUT2D eigenvalue weighted by Crippen LogP contribution is 2.24. The van der Waals surface area contributed by atoms with Crippen molar-refractivity contribution in [2.75, 3.05) is 7.11 Å². The zero-order valence-electron chi connectivity index (χ0n) is 14.2. The first-order valence-electron chi connectivity index (χ1n) is 7.74. The lowest BCUT2D eigenvalue weighted by Gasteiger charge is -2.18. The predicted molar refractivity (Wildman–Crippen MR) is 93.2 cm³/mol. The second-order valence-corrected chi connectivity index (χ2v) is 5.46. The molecule has 1 N–H and O–H groups in total. The number of nitro benzene ring substituents is 2. The molecular formula is C17H17N3O6. The summed E-state index contributed by atoms with van der Waals surface area (Å²) < 4.78 is 5.09. The fourth-order valence-corrected chi connectivity index (χ4v) is 2.44. The van der Waals surface area contributed by atoms with E-state index in [1.807, 2.05) is 6.92 Å². The number of hydrogen-bond donors (Lipinski definition) is 1. The lowest BCUT2D eigenvalue weighted by atomic mass is 10.0. The average Bonchev–Trinajstić information content (AvgIpc) is 2.65. The maximum absolute atomic E-state index is 12.5. The van der Waals surface area contributed by atoms with Crippen molar-refractivity contribution in [3.05, 3.63) is 73.8 Å². The number of methoxy groups -OCH3 is 1. The fourth-order valence-electron chi connectivity index (χ4n) is 2.44.